The van der Waals surface area contributed by atoms with Crippen molar-refractivity contribution in [3.8, 4) is 5.69 Å². The normalized spacial score (nSPS) is 15.8. The minimum absolute atomic E-state index is 0.292. The van der Waals surface area contributed by atoms with Gasteiger partial charge in [0.2, 0.25) is 5.95 Å². The number of nitrogens with zero attached hydrogens (tertiary/aromatic N) is 4. The Balaban J connectivity index is 1.69. The summed E-state index contributed by atoms with van der Waals surface area (Å²) >= 11 is 1.73. The molecular formula is C20H22N4OS. The van der Waals surface area contributed by atoms with Gasteiger partial charge in [0.15, 0.2) is 5.16 Å². The molecule has 1 aliphatic heterocycles. The minimum Gasteiger partial charge on any atom is -0.378 e. The van der Waals surface area contributed by atoms with Crippen LogP contribution in [-0.2, 0) is 4.74 Å². The van der Waals surface area contributed by atoms with Gasteiger partial charge >= 0.3 is 0 Å². The van der Waals surface area contributed by atoms with Crippen LogP contribution in [0.1, 0.15) is 17.7 Å². The molecule has 0 spiro atoms. The van der Waals surface area contributed by atoms with Crippen LogP contribution in [0.25, 0.3) is 5.69 Å². The largest absolute Gasteiger partial charge is 0.378 e. The fraction of sp³-hybridized carbons (Fsp3) is 0.300. The maximum Gasteiger partial charge on any atom is 0.232 e. The topological polar surface area (TPSA) is 43.2 Å². The lowest BCUT2D eigenvalue weighted by Gasteiger charge is -2.28. The van der Waals surface area contributed by atoms with E-state index in [0.717, 1.165) is 43.1 Å². The predicted octanol–water partition coefficient (Wildman–Crippen LogP) is 3.96. The van der Waals surface area contributed by atoms with E-state index < -0.39 is 0 Å². The van der Waals surface area contributed by atoms with E-state index in [1.165, 1.54) is 5.56 Å². The zero-order chi connectivity index (χ0) is 17.8. The first kappa shape index (κ1) is 17.1. The van der Waals surface area contributed by atoms with Gasteiger partial charge in [-0.1, -0.05) is 60.3 Å². The molecule has 1 aliphatic rings. The summed E-state index contributed by atoms with van der Waals surface area (Å²) in [4.78, 5) is 2.25. The molecule has 0 radical (unpaired) electrons. The Labute approximate surface area is 158 Å². The standard InChI is InChI=1S/C20H22N4OS/c1-16(17-8-4-2-5-9-17)26-20-22-21-19(23-12-14-25-15-13-23)24(20)18-10-6-3-7-11-18/h2-11,16H,12-15H2,1H3/t16-/m1/s1. The molecule has 0 aliphatic carbocycles. The molecule has 0 saturated carbocycles. The Kier molecular flexibility index (Phi) is 5.22. The number of anilines is 1. The average molecular weight is 366 g/mol. The molecule has 2 heterocycles. The highest BCUT2D eigenvalue weighted by Crippen LogP contribution is 2.36. The molecule has 1 fully saturated rings. The molecule has 6 heteroatoms. The number of hydrogen-bond acceptors (Lipinski definition) is 5. The molecule has 1 atom stereocenters. The van der Waals surface area contributed by atoms with Crippen molar-refractivity contribution < 1.29 is 4.74 Å². The van der Waals surface area contributed by atoms with Gasteiger partial charge in [-0.25, -0.2) is 0 Å². The van der Waals surface area contributed by atoms with Crippen LogP contribution >= 0.6 is 11.8 Å². The summed E-state index contributed by atoms with van der Waals surface area (Å²) in [5, 5.41) is 10.3. The van der Waals surface area contributed by atoms with Gasteiger partial charge in [-0.15, -0.1) is 10.2 Å². The monoisotopic (exact) mass is 366 g/mol. The number of morpholine rings is 1. The molecule has 3 aromatic rings. The Morgan fingerprint density at radius 1 is 0.923 bits per heavy atom. The SMILES string of the molecule is C[C@@H](Sc1nnc(N2CCOCC2)n1-c1ccccc1)c1ccccc1. The lowest BCUT2D eigenvalue weighted by atomic mass is 10.2. The molecule has 0 N–H and O–H groups in total. The molecule has 0 bridgehead atoms. The van der Waals surface area contributed by atoms with Gasteiger partial charge in [-0.05, 0) is 24.6 Å². The molecule has 0 amide bonds. The van der Waals surface area contributed by atoms with E-state index >= 15 is 0 Å². The van der Waals surface area contributed by atoms with Gasteiger partial charge in [0.1, 0.15) is 0 Å². The molecular weight excluding hydrogens is 344 g/mol. The summed E-state index contributed by atoms with van der Waals surface area (Å²) in [6, 6.07) is 20.8. The highest BCUT2D eigenvalue weighted by atomic mass is 32.2. The maximum atomic E-state index is 5.49. The average Bonchev–Trinajstić information content (AvgIpc) is 3.13. The van der Waals surface area contributed by atoms with Crippen molar-refractivity contribution in [2.45, 2.75) is 17.3 Å². The van der Waals surface area contributed by atoms with Crippen LogP contribution in [0.5, 0.6) is 0 Å². The summed E-state index contributed by atoms with van der Waals surface area (Å²) in [5.74, 6) is 0.891. The number of thioether (sulfide) groups is 1. The van der Waals surface area contributed by atoms with E-state index in [-0.39, 0.29) is 0 Å². The second-order valence-electron chi connectivity index (χ2n) is 6.22. The Morgan fingerprint density at radius 2 is 1.58 bits per heavy atom. The minimum atomic E-state index is 0.292. The first-order valence-electron chi connectivity index (χ1n) is 8.88. The van der Waals surface area contributed by atoms with Gasteiger partial charge in [0, 0.05) is 18.3 Å². The Hall–Kier alpha value is -2.31. The third-order valence-corrected chi connectivity index (χ3v) is 5.58. The summed E-state index contributed by atoms with van der Waals surface area (Å²) in [6.07, 6.45) is 0. The van der Waals surface area contributed by atoms with Crippen LogP contribution in [0.2, 0.25) is 0 Å². The number of hydrogen-bond donors (Lipinski definition) is 0. The van der Waals surface area contributed by atoms with Crippen molar-refractivity contribution in [1.82, 2.24) is 14.8 Å². The van der Waals surface area contributed by atoms with Crippen molar-refractivity contribution in [3.63, 3.8) is 0 Å². The Bertz CT molecular complexity index is 832. The van der Waals surface area contributed by atoms with Crippen molar-refractivity contribution in [1.29, 1.82) is 0 Å². The molecule has 5 nitrogen and oxygen atoms in total. The molecule has 26 heavy (non-hydrogen) atoms. The smallest absolute Gasteiger partial charge is 0.232 e. The lowest BCUT2D eigenvalue weighted by Crippen LogP contribution is -2.37. The second-order valence-corrected chi connectivity index (χ2v) is 7.53. The first-order chi connectivity index (χ1) is 12.8. The van der Waals surface area contributed by atoms with E-state index in [2.05, 4.69) is 63.0 Å². The van der Waals surface area contributed by atoms with E-state index in [4.69, 9.17) is 4.74 Å². The fourth-order valence-corrected chi connectivity index (χ4v) is 4.05. The predicted molar refractivity (Wildman–Crippen MR) is 105 cm³/mol. The summed E-state index contributed by atoms with van der Waals surface area (Å²) < 4.78 is 7.65. The molecule has 4 rings (SSSR count). The first-order valence-corrected chi connectivity index (χ1v) is 9.76. The third-order valence-electron chi connectivity index (χ3n) is 4.48. The summed E-state index contributed by atoms with van der Waals surface area (Å²) in [6.45, 7) is 5.33. The molecule has 2 aromatic carbocycles. The lowest BCUT2D eigenvalue weighted by molar-refractivity contribution is 0.122. The molecule has 1 aromatic heterocycles. The van der Waals surface area contributed by atoms with Gasteiger partial charge in [-0.3, -0.25) is 4.57 Å². The van der Waals surface area contributed by atoms with Crippen molar-refractivity contribution in [2.24, 2.45) is 0 Å². The maximum absolute atomic E-state index is 5.49. The highest BCUT2D eigenvalue weighted by molar-refractivity contribution is 7.99. The van der Waals surface area contributed by atoms with E-state index in [1.807, 2.05) is 24.3 Å². The van der Waals surface area contributed by atoms with Gasteiger partial charge in [-0.2, -0.15) is 0 Å². The summed E-state index contributed by atoms with van der Waals surface area (Å²) in [7, 11) is 0. The van der Waals surface area contributed by atoms with E-state index in [0.29, 0.717) is 5.25 Å². The number of benzene rings is 2. The van der Waals surface area contributed by atoms with E-state index in [9.17, 15) is 0 Å². The quantitative estimate of drug-likeness (QED) is 0.640. The van der Waals surface area contributed by atoms with Crippen LogP contribution in [-0.4, -0.2) is 41.1 Å². The van der Waals surface area contributed by atoms with Crippen LogP contribution in [0.3, 0.4) is 0 Å². The van der Waals surface area contributed by atoms with Crippen molar-refractivity contribution in [2.75, 3.05) is 31.2 Å². The van der Waals surface area contributed by atoms with Crippen molar-refractivity contribution >= 4 is 17.7 Å². The summed E-state index contributed by atoms with van der Waals surface area (Å²) in [5.41, 5.74) is 2.37. The number of aromatic nitrogens is 3. The second kappa shape index (κ2) is 7.93. The fourth-order valence-electron chi connectivity index (χ4n) is 3.06. The zero-order valence-corrected chi connectivity index (χ0v) is 15.6. The van der Waals surface area contributed by atoms with Crippen LogP contribution < -0.4 is 4.90 Å². The molecule has 0 unspecified atom stereocenters. The molecule has 1 saturated heterocycles. The number of rotatable bonds is 5. The third kappa shape index (κ3) is 3.61. The van der Waals surface area contributed by atoms with Gasteiger partial charge in [0.05, 0.1) is 18.9 Å². The Morgan fingerprint density at radius 3 is 2.27 bits per heavy atom. The highest BCUT2D eigenvalue weighted by Gasteiger charge is 2.23. The zero-order valence-electron chi connectivity index (χ0n) is 14.8. The van der Waals surface area contributed by atoms with Gasteiger partial charge in [0.25, 0.3) is 0 Å². The van der Waals surface area contributed by atoms with Gasteiger partial charge < -0.3 is 9.64 Å². The van der Waals surface area contributed by atoms with Crippen LogP contribution in [0, 0.1) is 0 Å². The van der Waals surface area contributed by atoms with Crippen LogP contribution in [0.15, 0.2) is 65.8 Å². The van der Waals surface area contributed by atoms with Crippen molar-refractivity contribution in [3.05, 3.63) is 66.2 Å². The number of para-hydroxylation sites is 1. The van der Waals surface area contributed by atoms with E-state index in [1.54, 1.807) is 11.8 Å². The number of ether oxygens (including phenoxy) is 1. The van der Waals surface area contributed by atoms with Crippen LogP contribution in [0.4, 0.5) is 5.95 Å². The molecule has 134 valence electrons.